The molecule has 30 nitrogen and oxygen atoms in total. The van der Waals surface area contributed by atoms with Crippen LogP contribution in [0.5, 0.6) is 23.0 Å². The van der Waals surface area contributed by atoms with E-state index in [1.807, 2.05) is 13.8 Å². The Labute approximate surface area is 818 Å². The third-order valence-corrected chi connectivity index (χ3v) is 25.7. The van der Waals surface area contributed by atoms with Crippen molar-refractivity contribution in [1.29, 1.82) is 0 Å². The average Bonchev–Trinajstić information content (AvgIpc) is 1.35. The minimum Gasteiger partial charge on any atom is -0.508 e. The maximum absolute atomic E-state index is 15.0. The number of hydrogen-bond donors (Lipinski definition) is 8. The van der Waals surface area contributed by atoms with Crippen molar-refractivity contribution in [3.63, 3.8) is 0 Å². The predicted molar refractivity (Wildman–Crippen MR) is 514 cm³/mol. The molecule has 0 aliphatic carbocycles. The molecule has 0 amide bonds. The van der Waals surface area contributed by atoms with Gasteiger partial charge in [0.15, 0.2) is 23.3 Å². The SMILES string of the molecule is CCC[C@@H](O)COc1ccc(Cl)c(-c2nc(NC3CCN(C)CC3(F)F)c(C)c(-c3c(C)noc3C)n2)c1.Cc1noc(C)c1-c1nc(-c2cc(O)ccc2Cl)nc(NC2CCN(C)CC2(F)F)c1C.Cc1noc(C)c1-c1nc(-c2cc(O)ccc2Cl)nc(NC2CCNCC2(F)F)c1C.Cc1noc(C)c1-c1nc(-c2cc(OC[C@H]3CO3)ccc2Cl)nc(NC2CCN(C)CC2(F)F)c1C.Cl. The first-order valence-electron chi connectivity index (χ1n) is 44.6. The Bertz CT molecular complexity index is 6290. The molecule has 5 aliphatic rings. The number of ether oxygens (including phenoxy) is 3. The zero-order valence-corrected chi connectivity index (χ0v) is 82.6. The van der Waals surface area contributed by atoms with Crippen molar-refractivity contribution in [1.82, 2.24) is 80.5 Å². The molecule has 0 spiro atoms. The lowest BCUT2D eigenvalue weighted by Gasteiger charge is -2.37. The lowest BCUT2D eigenvalue weighted by atomic mass is 10.00. The van der Waals surface area contributed by atoms with E-state index in [9.17, 15) is 50.4 Å². The molecule has 5 aliphatic heterocycles. The number of hydrogen-bond acceptors (Lipinski definition) is 30. The fraction of sp³-hybridized carbons (Fsp3) is 0.453. The molecule has 5 fully saturated rings. The van der Waals surface area contributed by atoms with Gasteiger partial charge in [-0.1, -0.05) is 80.4 Å². The molecule has 8 aromatic heterocycles. The van der Waals surface area contributed by atoms with Crippen LogP contribution in [0, 0.1) is 83.1 Å². The van der Waals surface area contributed by atoms with Gasteiger partial charge in [0.1, 0.15) is 88.6 Å². The second-order valence-corrected chi connectivity index (χ2v) is 36.9. The van der Waals surface area contributed by atoms with Crippen molar-refractivity contribution in [2.24, 2.45) is 0 Å². The van der Waals surface area contributed by atoms with Crippen LogP contribution in [-0.2, 0) is 4.74 Å². The van der Waals surface area contributed by atoms with E-state index in [4.69, 9.17) is 88.7 Å². The monoisotopic (exact) mass is 2020 g/mol. The van der Waals surface area contributed by atoms with E-state index in [1.54, 1.807) is 148 Å². The van der Waals surface area contributed by atoms with Crippen LogP contribution in [-0.4, -0.2) is 244 Å². The standard InChI is InChI=1S/C27H34ClF2N5O3.C25H28ClF2N5O3.C22H24ClF2N5O2.C21H22ClF2N5O2.ClH/c1-6-7-18(36)13-37-19-8-9-21(28)20(12-19)26-32-24(23-16(3)34-38-17(23)4)15(2)25(33-26)31-22-10-11-35(5)14-27(22,29)30;1-13-22(21-14(2)32-36-15(21)3)30-24(18-9-16(5-6-19(18)26)34-10-17-11-35-17)31-23(13)29-20-7-8-33(4)12-25(20,27)28;1-11-19(18-12(2)29-32-13(18)3)27-21(15-9-14(31)5-6-16(15)23)28-20(11)26-17-7-8-30(4)10-22(17,24)25;1-10-18(17-11(2)29-31-12(17)3)27-20(14-8-13(30)4-5-15(14)22)28-19(10)26-16-6-7-25-9-21(16,23)24;/h8-9,12,18,22,36H,6-7,10-11,13-14H2,1-5H3,(H,31,32,33);5-6,9,17,20H,7-8,10-12H2,1-4H3,(H,29,30,31);5-6,9,17,31H,7-8,10H2,1-4H3,(H,26,27,28);4-5,8,16,25,30H,6-7,9H2,1-3H3,(H,26,27,28);1H/t18-,22?;17-,20?;;;/m10.../s1. The van der Waals surface area contributed by atoms with Crippen molar-refractivity contribution in [2.75, 3.05) is 115 Å². The molecular weight excluding hydrogens is 1910 g/mol. The molecule has 4 unspecified atom stereocenters. The zero-order valence-electron chi connectivity index (χ0n) is 78.8. The molecule has 0 saturated carbocycles. The molecule has 8 N–H and O–H groups in total. The number of phenols is 2. The average molecular weight is 2020 g/mol. The normalized spacial score (nSPS) is 19.1. The lowest BCUT2D eigenvalue weighted by molar-refractivity contribution is -0.0678. The number of alkyl halides is 8. The molecule has 4 aromatic carbocycles. The fourth-order valence-corrected chi connectivity index (χ4v) is 17.6. The molecule has 17 rings (SSSR count). The van der Waals surface area contributed by atoms with Crippen molar-refractivity contribution >= 4 is 82.1 Å². The van der Waals surface area contributed by atoms with Gasteiger partial charge in [0, 0.05) is 64.1 Å². The Morgan fingerprint density at radius 3 is 1.01 bits per heavy atom. The van der Waals surface area contributed by atoms with E-state index in [0.29, 0.717) is 224 Å². The summed E-state index contributed by atoms with van der Waals surface area (Å²) in [6, 6.07) is 14.8. The highest BCUT2D eigenvalue weighted by atomic mass is 35.5. The molecule has 43 heteroatoms. The Morgan fingerprint density at radius 1 is 0.435 bits per heavy atom. The van der Waals surface area contributed by atoms with Crippen LogP contribution in [0.15, 0.2) is 90.9 Å². The summed E-state index contributed by atoms with van der Waals surface area (Å²) in [4.78, 5) is 42.2. The summed E-state index contributed by atoms with van der Waals surface area (Å²) in [6.45, 7) is 25.3. The highest BCUT2D eigenvalue weighted by molar-refractivity contribution is 6.34. The van der Waals surface area contributed by atoms with Crippen LogP contribution >= 0.6 is 58.8 Å². The van der Waals surface area contributed by atoms with Crippen LogP contribution in [0.3, 0.4) is 0 Å². The number of epoxide rings is 1. The molecule has 138 heavy (non-hydrogen) atoms. The molecule has 6 atom stereocenters. The largest absolute Gasteiger partial charge is 0.508 e. The molecule has 740 valence electrons. The van der Waals surface area contributed by atoms with Gasteiger partial charge in [0.05, 0.1) is 151 Å². The number of aromatic nitrogens is 12. The molecule has 13 heterocycles. The molecule has 0 bridgehead atoms. The number of benzene rings is 4. The van der Waals surface area contributed by atoms with Crippen LogP contribution < -0.4 is 36.1 Å². The van der Waals surface area contributed by atoms with Gasteiger partial charge in [-0.25, -0.2) is 75.0 Å². The van der Waals surface area contributed by atoms with Crippen LogP contribution in [0.2, 0.25) is 20.1 Å². The van der Waals surface area contributed by atoms with Gasteiger partial charge >= 0.3 is 0 Å². The number of likely N-dealkylation sites (tertiary alicyclic amines) is 3. The maximum atomic E-state index is 15.0. The fourth-order valence-electron chi connectivity index (χ4n) is 16.8. The zero-order chi connectivity index (χ0) is 98.8. The summed E-state index contributed by atoms with van der Waals surface area (Å²) in [6.07, 6.45) is 1.99. The van der Waals surface area contributed by atoms with Crippen molar-refractivity contribution < 1.29 is 82.7 Å². The summed E-state index contributed by atoms with van der Waals surface area (Å²) in [5, 5.41) is 62.1. The van der Waals surface area contributed by atoms with Gasteiger partial charge in [-0.2, -0.15) is 0 Å². The second-order valence-electron chi connectivity index (χ2n) is 35.3. The number of nitrogens with one attached hydrogen (secondary N) is 5. The van der Waals surface area contributed by atoms with Gasteiger partial charge < -0.3 is 88.9 Å². The summed E-state index contributed by atoms with van der Waals surface area (Å²) in [7, 11) is 5.06. The number of anilines is 4. The van der Waals surface area contributed by atoms with Crippen molar-refractivity contribution in [3.8, 4) is 114 Å². The smallest absolute Gasteiger partial charge is 0.280 e. The third kappa shape index (κ3) is 24.0. The van der Waals surface area contributed by atoms with Gasteiger partial charge in [-0.05, 0) is 216 Å². The highest BCUT2D eigenvalue weighted by Crippen LogP contribution is 2.46. The number of aliphatic hydroxyl groups excluding tert-OH is 1. The van der Waals surface area contributed by atoms with E-state index >= 15 is 0 Å². The molecule has 0 radical (unpaired) electrons. The van der Waals surface area contributed by atoms with Crippen LogP contribution in [0.25, 0.3) is 90.6 Å². The highest BCUT2D eigenvalue weighted by Gasteiger charge is 2.48. The molecular formula is C95H109Cl5F8N20O10. The summed E-state index contributed by atoms with van der Waals surface area (Å²) < 4.78 is 156. The Balaban J connectivity index is 0.000000155. The lowest BCUT2D eigenvalue weighted by Crippen LogP contribution is -2.53. The van der Waals surface area contributed by atoms with Gasteiger partial charge in [0.2, 0.25) is 0 Å². The minimum absolute atomic E-state index is 0. The second kappa shape index (κ2) is 43.5. The van der Waals surface area contributed by atoms with Gasteiger partial charge in [0.25, 0.3) is 23.7 Å². The number of nitrogens with zero attached hydrogens (tertiary/aromatic N) is 15. The number of halogens is 13. The Kier molecular flexibility index (Phi) is 32.9. The third-order valence-electron chi connectivity index (χ3n) is 24.4. The number of piperidine rings is 4. The van der Waals surface area contributed by atoms with Crippen molar-refractivity contribution in [3.05, 3.63) is 161 Å². The first kappa shape index (κ1) is 104. The number of phenolic OH excluding ortho intramolecular Hbond substituents is 2. The Morgan fingerprint density at radius 2 is 0.732 bits per heavy atom. The van der Waals surface area contributed by atoms with Crippen LogP contribution in [0.1, 0.15) is 114 Å². The number of aromatic hydroxyl groups is 2. The number of aryl methyl sites for hydroxylation is 8. The number of aliphatic hydroxyl groups is 1. The summed E-state index contributed by atoms with van der Waals surface area (Å²) in [5.74, 6) is -6.40. The van der Waals surface area contributed by atoms with E-state index in [1.165, 1.54) is 36.4 Å². The summed E-state index contributed by atoms with van der Waals surface area (Å²) >= 11 is 25.8. The van der Waals surface area contributed by atoms with Crippen molar-refractivity contribution in [2.45, 2.75) is 189 Å². The van der Waals surface area contributed by atoms with E-state index < -0.39 is 60.5 Å². The maximum Gasteiger partial charge on any atom is 0.280 e. The van der Waals surface area contributed by atoms with E-state index in [2.05, 4.69) is 77.1 Å². The molecule has 12 aromatic rings. The van der Waals surface area contributed by atoms with Gasteiger partial charge in [-0.3, -0.25) is 0 Å². The summed E-state index contributed by atoms with van der Waals surface area (Å²) in [5.41, 5.74) is 11.4. The van der Waals surface area contributed by atoms with E-state index in [-0.39, 0.29) is 117 Å². The quantitative estimate of drug-likeness (QED) is 0.0206. The molecule has 5 saturated heterocycles. The first-order valence-corrected chi connectivity index (χ1v) is 46.1. The van der Waals surface area contributed by atoms with Crippen LogP contribution in [0.4, 0.5) is 58.4 Å². The predicted octanol–water partition coefficient (Wildman–Crippen LogP) is 20.3. The first-order chi connectivity index (χ1) is 64.8. The minimum atomic E-state index is -2.95. The Hall–Kier alpha value is -10.9. The topological polar surface area (TPSA) is 369 Å². The van der Waals surface area contributed by atoms with E-state index in [0.717, 1.165) is 6.42 Å². The number of rotatable bonds is 24. The van der Waals surface area contributed by atoms with Gasteiger partial charge in [-0.15, -0.1) is 12.4 Å².